The summed E-state index contributed by atoms with van der Waals surface area (Å²) in [6, 6.07) is 7.44. The fourth-order valence-corrected chi connectivity index (χ4v) is 2.40. The highest BCUT2D eigenvalue weighted by Crippen LogP contribution is 2.20. The van der Waals surface area contributed by atoms with E-state index in [2.05, 4.69) is 4.90 Å². The van der Waals surface area contributed by atoms with Gasteiger partial charge in [0.15, 0.2) is 5.78 Å². The largest absolute Gasteiger partial charge is 0.493 e. The van der Waals surface area contributed by atoms with Crippen LogP contribution in [-0.2, 0) is 4.74 Å². The van der Waals surface area contributed by atoms with E-state index in [1.54, 1.807) is 7.11 Å². The Balaban J connectivity index is 2.00. The number of carbonyl (C=O) groups excluding carboxylic acids is 1. The van der Waals surface area contributed by atoms with Crippen LogP contribution >= 0.6 is 0 Å². The van der Waals surface area contributed by atoms with E-state index in [1.807, 2.05) is 31.2 Å². The first kappa shape index (κ1) is 14.0. The van der Waals surface area contributed by atoms with Crippen LogP contribution in [0.3, 0.4) is 0 Å². The van der Waals surface area contributed by atoms with Crippen LogP contribution in [0, 0.1) is 0 Å². The highest BCUT2D eigenvalue weighted by Gasteiger charge is 2.24. The van der Waals surface area contributed by atoms with Crippen molar-refractivity contribution in [2.24, 2.45) is 0 Å². The summed E-state index contributed by atoms with van der Waals surface area (Å²) in [5.74, 6) is 0.790. The van der Waals surface area contributed by atoms with E-state index < -0.39 is 0 Å². The van der Waals surface area contributed by atoms with Gasteiger partial charge in [0, 0.05) is 20.2 Å². The Morgan fingerprint density at radius 2 is 2.21 bits per heavy atom. The van der Waals surface area contributed by atoms with Gasteiger partial charge in [0.25, 0.3) is 0 Å². The van der Waals surface area contributed by atoms with E-state index in [-0.39, 0.29) is 11.9 Å². The van der Waals surface area contributed by atoms with Crippen molar-refractivity contribution in [1.82, 2.24) is 4.90 Å². The molecule has 1 fully saturated rings. The maximum Gasteiger partial charge on any atom is 0.180 e. The topological polar surface area (TPSA) is 38.8 Å². The summed E-state index contributed by atoms with van der Waals surface area (Å²) in [7, 11) is 1.72. The first-order chi connectivity index (χ1) is 9.24. The maximum atomic E-state index is 12.3. The number of Topliss-reactive ketones (excluding diaryl/α,β-unsaturated/α-hetero) is 1. The third-order valence-corrected chi connectivity index (χ3v) is 3.42. The Labute approximate surface area is 114 Å². The lowest BCUT2D eigenvalue weighted by Gasteiger charge is -2.16. The summed E-state index contributed by atoms with van der Waals surface area (Å²) in [6.07, 6.45) is 1.26. The van der Waals surface area contributed by atoms with Crippen LogP contribution < -0.4 is 4.74 Å². The van der Waals surface area contributed by atoms with Crippen LogP contribution in [0.1, 0.15) is 23.7 Å². The van der Waals surface area contributed by atoms with Crippen LogP contribution in [0.4, 0.5) is 0 Å². The van der Waals surface area contributed by atoms with Gasteiger partial charge < -0.3 is 9.47 Å². The van der Waals surface area contributed by atoms with Gasteiger partial charge in [0.2, 0.25) is 0 Å². The second-order valence-corrected chi connectivity index (χ2v) is 4.73. The van der Waals surface area contributed by atoms with Crippen LogP contribution in [0.25, 0.3) is 0 Å². The fourth-order valence-electron chi connectivity index (χ4n) is 2.40. The smallest absolute Gasteiger partial charge is 0.180 e. The predicted molar refractivity (Wildman–Crippen MR) is 73.8 cm³/mol. The van der Waals surface area contributed by atoms with Crippen molar-refractivity contribution in [2.75, 3.05) is 33.4 Å². The zero-order valence-corrected chi connectivity index (χ0v) is 11.6. The lowest BCUT2D eigenvalue weighted by molar-refractivity contribution is 0.0896. The van der Waals surface area contributed by atoms with Crippen LogP contribution in [-0.4, -0.2) is 50.1 Å². The van der Waals surface area contributed by atoms with Gasteiger partial charge in [0.05, 0.1) is 24.8 Å². The number of methoxy groups -OCH3 is 1. The minimum Gasteiger partial charge on any atom is -0.493 e. The molecule has 0 N–H and O–H groups in total. The molecule has 0 bridgehead atoms. The number of hydrogen-bond donors (Lipinski definition) is 0. The number of nitrogens with zero attached hydrogens (tertiary/aromatic N) is 1. The molecule has 0 spiro atoms. The number of rotatable bonds is 6. The van der Waals surface area contributed by atoms with Crippen molar-refractivity contribution in [3.05, 3.63) is 29.8 Å². The zero-order valence-electron chi connectivity index (χ0n) is 11.6. The SMILES string of the molecule is CCOc1ccccc1C(=O)CN1CCC(OC)C1. The second kappa shape index (κ2) is 6.68. The molecule has 104 valence electrons. The summed E-state index contributed by atoms with van der Waals surface area (Å²) < 4.78 is 10.8. The lowest BCUT2D eigenvalue weighted by atomic mass is 10.1. The van der Waals surface area contributed by atoms with Crippen LogP contribution in [0.15, 0.2) is 24.3 Å². The van der Waals surface area contributed by atoms with Crippen molar-refractivity contribution in [1.29, 1.82) is 0 Å². The van der Waals surface area contributed by atoms with E-state index >= 15 is 0 Å². The molecule has 1 aromatic rings. The Bertz CT molecular complexity index is 433. The molecule has 0 radical (unpaired) electrons. The van der Waals surface area contributed by atoms with E-state index in [4.69, 9.17) is 9.47 Å². The maximum absolute atomic E-state index is 12.3. The number of carbonyl (C=O) groups is 1. The lowest BCUT2D eigenvalue weighted by Crippen LogP contribution is -2.29. The predicted octanol–water partition coefficient (Wildman–Crippen LogP) is 1.99. The normalized spacial score (nSPS) is 19.6. The highest BCUT2D eigenvalue weighted by molar-refractivity contribution is 6.00. The Morgan fingerprint density at radius 1 is 1.42 bits per heavy atom. The van der Waals surface area contributed by atoms with E-state index in [0.29, 0.717) is 24.5 Å². The van der Waals surface area contributed by atoms with Gasteiger partial charge in [-0.05, 0) is 25.5 Å². The molecule has 1 atom stereocenters. The number of hydrogen-bond acceptors (Lipinski definition) is 4. The number of ether oxygens (including phenoxy) is 2. The number of para-hydroxylation sites is 1. The molecule has 0 saturated carbocycles. The van der Waals surface area contributed by atoms with Crippen LogP contribution in [0.2, 0.25) is 0 Å². The van der Waals surface area contributed by atoms with E-state index in [9.17, 15) is 4.79 Å². The third kappa shape index (κ3) is 3.55. The molecular formula is C15H21NO3. The molecule has 1 aromatic carbocycles. The second-order valence-electron chi connectivity index (χ2n) is 4.73. The summed E-state index contributed by atoms with van der Waals surface area (Å²) in [5, 5.41) is 0. The molecule has 1 heterocycles. The standard InChI is InChI=1S/C15H21NO3/c1-3-19-15-7-5-4-6-13(15)14(17)11-16-9-8-12(10-16)18-2/h4-7,12H,3,8-11H2,1-2H3. The van der Waals surface area contributed by atoms with E-state index in [1.165, 1.54) is 0 Å². The fraction of sp³-hybridized carbons (Fsp3) is 0.533. The minimum atomic E-state index is 0.112. The molecule has 2 rings (SSSR count). The van der Waals surface area contributed by atoms with E-state index in [0.717, 1.165) is 19.5 Å². The Kier molecular flexibility index (Phi) is 4.93. The number of likely N-dealkylation sites (tertiary alicyclic amines) is 1. The molecule has 19 heavy (non-hydrogen) atoms. The van der Waals surface area contributed by atoms with Gasteiger partial charge in [-0.2, -0.15) is 0 Å². The van der Waals surface area contributed by atoms with Gasteiger partial charge in [-0.25, -0.2) is 0 Å². The molecule has 0 amide bonds. The summed E-state index contributed by atoms with van der Waals surface area (Å²) in [4.78, 5) is 14.5. The minimum absolute atomic E-state index is 0.112. The molecular weight excluding hydrogens is 242 g/mol. The van der Waals surface area contributed by atoms with Crippen molar-refractivity contribution in [3.63, 3.8) is 0 Å². The molecule has 1 aliphatic rings. The Morgan fingerprint density at radius 3 is 2.89 bits per heavy atom. The quantitative estimate of drug-likeness (QED) is 0.736. The van der Waals surface area contributed by atoms with Gasteiger partial charge in [0.1, 0.15) is 5.75 Å². The highest BCUT2D eigenvalue weighted by atomic mass is 16.5. The number of ketones is 1. The first-order valence-corrected chi connectivity index (χ1v) is 6.74. The first-order valence-electron chi connectivity index (χ1n) is 6.74. The average Bonchev–Trinajstić information content (AvgIpc) is 2.87. The van der Waals surface area contributed by atoms with Crippen molar-refractivity contribution >= 4 is 5.78 Å². The molecule has 4 nitrogen and oxygen atoms in total. The van der Waals surface area contributed by atoms with Crippen molar-refractivity contribution in [2.45, 2.75) is 19.4 Å². The third-order valence-electron chi connectivity index (χ3n) is 3.42. The molecule has 1 unspecified atom stereocenters. The molecule has 1 aliphatic heterocycles. The Hall–Kier alpha value is -1.39. The van der Waals surface area contributed by atoms with Gasteiger partial charge in [-0.15, -0.1) is 0 Å². The number of benzene rings is 1. The average molecular weight is 263 g/mol. The summed E-state index contributed by atoms with van der Waals surface area (Å²) in [6.45, 7) is 4.68. The monoisotopic (exact) mass is 263 g/mol. The molecule has 4 heteroatoms. The van der Waals surface area contributed by atoms with Crippen LogP contribution in [0.5, 0.6) is 5.75 Å². The summed E-state index contributed by atoms with van der Waals surface area (Å²) >= 11 is 0. The summed E-state index contributed by atoms with van der Waals surface area (Å²) in [5.41, 5.74) is 0.671. The van der Waals surface area contributed by atoms with Gasteiger partial charge >= 0.3 is 0 Å². The van der Waals surface area contributed by atoms with Crippen molar-refractivity contribution < 1.29 is 14.3 Å². The van der Waals surface area contributed by atoms with Gasteiger partial charge in [-0.3, -0.25) is 9.69 Å². The van der Waals surface area contributed by atoms with Crippen molar-refractivity contribution in [3.8, 4) is 5.75 Å². The molecule has 0 aliphatic carbocycles. The zero-order chi connectivity index (χ0) is 13.7. The molecule has 1 saturated heterocycles. The van der Waals surface area contributed by atoms with Gasteiger partial charge in [-0.1, -0.05) is 12.1 Å². The molecule has 0 aromatic heterocycles.